The molecule has 2 aliphatic carbocycles. The van der Waals surface area contributed by atoms with Crippen molar-refractivity contribution in [2.45, 2.75) is 76.0 Å². The molecule has 2 fully saturated rings. The first kappa shape index (κ1) is 15.6. The number of aromatic nitrogens is 4. The van der Waals surface area contributed by atoms with Gasteiger partial charge in [0.15, 0.2) is 0 Å². The van der Waals surface area contributed by atoms with Gasteiger partial charge in [-0.1, -0.05) is 38.5 Å². The van der Waals surface area contributed by atoms with Crippen LogP contribution in [0.3, 0.4) is 0 Å². The molecule has 128 valence electrons. The molecule has 2 aromatic heterocycles. The van der Waals surface area contributed by atoms with Crippen molar-refractivity contribution < 1.29 is 4.79 Å². The molecule has 0 radical (unpaired) electrons. The molecule has 0 N–H and O–H groups in total. The Kier molecular flexibility index (Phi) is 4.50. The second-order valence-corrected chi connectivity index (χ2v) is 7.32. The Bertz CT molecular complexity index is 676. The van der Waals surface area contributed by atoms with E-state index in [2.05, 4.69) is 4.98 Å². The molecule has 0 spiro atoms. The number of carbonyl (C=O) groups excluding carboxylic acids is 1. The van der Waals surface area contributed by atoms with E-state index >= 15 is 0 Å². The van der Waals surface area contributed by atoms with Gasteiger partial charge in [0.05, 0.1) is 5.69 Å². The quantitative estimate of drug-likeness (QED) is 0.804. The SMILES string of the molecule is O=C(n1ccnc1)n1cc(C2CCCCC2)nc1C1CCCCC1. The van der Waals surface area contributed by atoms with Crippen molar-refractivity contribution >= 4 is 6.03 Å². The molecule has 0 aliphatic heterocycles. The normalized spacial score (nSPS) is 20.3. The first-order chi connectivity index (χ1) is 11.8. The third-order valence-electron chi connectivity index (χ3n) is 5.68. The Labute approximate surface area is 143 Å². The smallest absolute Gasteiger partial charge is 0.257 e. The molecule has 2 saturated carbocycles. The molecule has 4 rings (SSSR count). The number of rotatable bonds is 2. The van der Waals surface area contributed by atoms with Crippen molar-refractivity contribution in [2.75, 3.05) is 0 Å². The van der Waals surface area contributed by atoms with E-state index in [-0.39, 0.29) is 6.03 Å². The zero-order valence-corrected chi connectivity index (χ0v) is 14.2. The average molecular weight is 326 g/mol. The highest BCUT2D eigenvalue weighted by Crippen LogP contribution is 2.36. The fraction of sp³-hybridized carbons (Fsp3) is 0.632. The van der Waals surface area contributed by atoms with Gasteiger partial charge in [0, 0.05) is 30.4 Å². The number of nitrogens with zero attached hydrogens (tertiary/aromatic N) is 4. The van der Waals surface area contributed by atoms with E-state index in [0.29, 0.717) is 11.8 Å². The summed E-state index contributed by atoms with van der Waals surface area (Å²) >= 11 is 0. The number of carbonyl (C=O) groups is 1. The van der Waals surface area contributed by atoms with E-state index in [1.807, 2.05) is 10.8 Å². The van der Waals surface area contributed by atoms with Crippen LogP contribution in [0.15, 0.2) is 24.9 Å². The Morgan fingerprint density at radius 1 is 0.958 bits per heavy atom. The van der Waals surface area contributed by atoms with Crippen LogP contribution in [0, 0.1) is 0 Å². The summed E-state index contributed by atoms with van der Waals surface area (Å²) in [5, 5.41) is 0. The van der Waals surface area contributed by atoms with Gasteiger partial charge in [-0.05, 0) is 25.7 Å². The van der Waals surface area contributed by atoms with Gasteiger partial charge in [0.25, 0.3) is 0 Å². The predicted molar refractivity (Wildman–Crippen MR) is 92.3 cm³/mol. The number of hydrogen-bond donors (Lipinski definition) is 0. The van der Waals surface area contributed by atoms with Gasteiger partial charge in [-0.15, -0.1) is 0 Å². The Hall–Kier alpha value is -1.91. The van der Waals surface area contributed by atoms with E-state index < -0.39 is 0 Å². The Balaban J connectivity index is 1.68. The van der Waals surface area contributed by atoms with Crippen LogP contribution in [-0.2, 0) is 0 Å². The third kappa shape index (κ3) is 3.04. The fourth-order valence-electron chi connectivity index (χ4n) is 4.31. The molecule has 5 heteroatoms. The zero-order chi connectivity index (χ0) is 16.4. The molecule has 0 amide bonds. The summed E-state index contributed by atoms with van der Waals surface area (Å²) in [6, 6.07) is -0.0531. The number of imidazole rings is 2. The van der Waals surface area contributed by atoms with Crippen molar-refractivity contribution in [2.24, 2.45) is 0 Å². The maximum Gasteiger partial charge on any atom is 0.339 e. The van der Waals surface area contributed by atoms with E-state index in [1.54, 1.807) is 23.3 Å². The van der Waals surface area contributed by atoms with Gasteiger partial charge in [0.1, 0.15) is 12.2 Å². The molecular formula is C19H26N4O. The van der Waals surface area contributed by atoms with Crippen LogP contribution < -0.4 is 0 Å². The highest BCUT2D eigenvalue weighted by atomic mass is 16.2. The van der Waals surface area contributed by atoms with E-state index in [1.165, 1.54) is 51.4 Å². The summed E-state index contributed by atoms with van der Waals surface area (Å²) in [5.41, 5.74) is 1.13. The van der Waals surface area contributed by atoms with Gasteiger partial charge in [0.2, 0.25) is 0 Å². The molecule has 5 nitrogen and oxygen atoms in total. The van der Waals surface area contributed by atoms with Crippen molar-refractivity contribution in [3.8, 4) is 0 Å². The van der Waals surface area contributed by atoms with Gasteiger partial charge in [-0.2, -0.15) is 0 Å². The van der Waals surface area contributed by atoms with E-state index in [0.717, 1.165) is 24.4 Å². The Morgan fingerprint density at radius 2 is 1.62 bits per heavy atom. The van der Waals surface area contributed by atoms with E-state index in [4.69, 9.17) is 4.98 Å². The maximum atomic E-state index is 12.9. The van der Waals surface area contributed by atoms with Crippen LogP contribution in [-0.4, -0.2) is 25.1 Å². The third-order valence-corrected chi connectivity index (χ3v) is 5.68. The highest BCUT2D eigenvalue weighted by molar-refractivity contribution is 5.79. The van der Waals surface area contributed by atoms with Crippen LogP contribution in [0.25, 0.3) is 0 Å². The lowest BCUT2D eigenvalue weighted by Gasteiger charge is -2.21. The molecule has 2 aliphatic rings. The van der Waals surface area contributed by atoms with Gasteiger partial charge >= 0.3 is 6.03 Å². The lowest BCUT2D eigenvalue weighted by Crippen LogP contribution is -2.22. The fourth-order valence-corrected chi connectivity index (χ4v) is 4.31. The summed E-state index contributed by atoms with van der Waals surface area (Å²) in [7, 11) is 0. The second kappa shape index (κ2) is 6.91. The first-order valence-electron chi connectivity index (χ1n) is 9.45. The van der Waals surface area contributed by atoms with Crippen LogP contribution in [0.1, 0.15) is 87.6 Å². The van der Waals surface area contributed by atoms with Crippen LogP contribution in [0.2, 0.25) is 0 Å². The minimum absolute atomic E-state index is 0.0531. The topological polar surface area (TPSA) is 52.7 Å². The molecule has 0 atom stereocenters. The lowest BCUT2D eigenvalue weighted by molar-refractivity contribution is 0.242. The molecule has 2 aromatic rings. The molecule has 0 aromatic carbocycles. The van der Waals surface area contributed by atoms with Crippen LogP contribution in [0.5, 0.6) is 0 Å². The summed E-state index contributed by atoms with van der Waals surface area (Å²) in [5.74, 6) is 1.93. The standard InChI is InChI=1S/C19H26N4O/c24-19(22-12-11-20-14-22)23-13-17(15-7-3-1-4-8-15)21-18(23)16-9-5-2-6-10-16/h11-16H,1-10H2. The average Bonchev–Trinajstić information content (AvgIpc) is 3.33. The summed E-state index contributed by atoms with van der Waals surface area (Å²) < 4.78 is 3.36. The zero-order valence-electron chi connectivity index (χ0n) is 14.2. The lowest BCUT2D eigenvalue weighted by atomic mass is 9.87. The highest BCUT2D eigenvalue weighted by Gasteiger charge is 2.27. The van der Waals surface area contributed by atoms with Crippen molar-refractivity contribution in [3.05, 3.63) is 36.4 Å². The molecule has 24 heavy (non-hydrogen) atoms. The number of hydrogen-bond acceptors (Lipinski definition) is 3. The van der Waals surface area contributed by atoms with E-state index in [9.17, 15) is 4.79 Å². The van der Waals surface area contributed by atoms with Crippen LogP contribution >= 0.6 is 0 Å². The van der Waals surface area contributed by atoms with Crippen molar-refractivity contribution in [1.29, 1.82) is 0 Å². The summed E-state index contributed by atoms with van der Waals surface area (Å²) in [6.45, 7) is 0. The molecule has 0 unspecified atom stereocenters. The van der Waals surface area contributed by atoms with Gasteiger partial charge < -0.3 is 0 Å². The van der Waals surface area contributed by atoms with Gasteiger partial charge in [-0.3, -0.25) is 9.13 Å². The first-order valence-corrected chi connectivity index (χ1v) is 9.45. The Morgan fingerprint density at radius 3 is 2.25 bits per heavy atom. The molecule has 0 saturated heterocycles. The minimum atomic E-state index is -0.0531. The summed E-state index contributed by atoms with van der Waals surface area (Å²) in [6.07, 6.45) is 19.4. The maximum absolute atomic E-state index is 12.9. The van der Waals surface area contributed by atoms with Crippen molar-refractivity contribution in [3.63, 3.8) is 0 Å². The summed E-state index contributed by atoms with van der Waals surface area (Å²) in [4.78, 5) is 21.9. The molecule has 2 heterocycles. The largest absolute Gasteiger partial charge is 0.339 e. The second-order valence-electron chi connectivity index (χ2n) is 7.32. The molecular weight excluding hydrogens is 300 g/mol. The van der Waals surface area contributed by atoms with Crippen molar-refractivity contribution in [1.82, 2.24) is 19.1 Å². The minimum Gasteiger partial charge on any atom is -0.257 e. The predicted octanol–water partition coefficient (Wildman–Crippen LogP) is 4.69. The van der Waals surface area contributed by atoms with Gasteiger partial charge in [-0.25, -0.2) is 14.8 Å². The molecule has 0 bridgehead atoms. The van der Waals surface area contributed by atoms with Crippen LogP contribution in [0.4, 0.5) is 4.79 Å². The monoisotopic (exact) mass is 326 g/mol.